The zero-order valence-electron chi connectivity index (χ0n) is 12.8. The van der Waals surface area contributed by atoms with Gasteiger partial charge in [-0.15, -0.1) is 0 Å². The van der Waals surface area contributed by atoms with Crippen LogP contribution < -0.4 is 0 Å². The molecule has 2 aliphatic rings. The lowest BCUT2D eigenvalue weighted by atomic mass is 9.72. The van der Waals surface area contributed by atoms with E-state index in [1.54, 1.807) is 4.90 Å². The molecule has 2 heterocycles. The van der Waals surface area contributed by atoms with Gasteiger partial charge < -0.3 is 9.64 Å². The topological polar surface area (TPSA) is 72.7 Å². The minimum Gasteiger partial charge on any atom is -0.381 e. The van der Waals surface area contributed by atoms with Gasteiger partial charge in [0.15, 0.2) is 0 Å². The van der Waals surface area contributed by atoms with E-state index in [0.29, 0.717) is 13.1 Å². The molecule has 23 heavy (non-hydrogen) atoms. The highest BCUT2D eigenvalue weighted by atomic mass is 19.1. The number of ether oxygens (including phenoxy) is 1. The van der Waals surface area contributed by atoms with Gasteiger partial charge in [-0.2, -0.15) is 4.39 Å². The van der Waals surface area contributed by atoms with Gasteiger partial charge in [-0.05, 0) is 43.2 Å². The Hall–Kier alpha value is -2.02. The molecule has 0 bridgehead atoms. The number of carbonyl (C=O) groups is 1. The largest absolute Gasteiger partial charge is 0.381 e. The summed E-state index contributed by atoms with van der Waals surface area (Å²) in [5.41, 5.74) is -0.223. The number of halogens is 1. The van der Waals surface area contributed by atoms with Gasteiger partial charge in [0.2, 0.25) is 5.82 Å². The standard InChI is InChI=1S/C16H19FN2O4/c17-13-2-1-12(11-14(13)19(21)22)15(20)18-7-3-16(4-8-18)5-9-23-10-6-16/h1-2,11H,3-10H2. The van der Waals surface area contributed by atoms with Gasteiger partial charge in [-0.1, -0.05) is 0 Å². The molecule has 0 N–H and O–H groups in total. The molecule has 1 spiro atoms. The number of hydrogen-bond donors (Lipinski definition) is 0. The molecule has 2 aliphatic heterocycles. The van der Waals surface area contributed by atoms with Gasteiger partial charge in [-0.3, -0.25) is 14.9 Å². The van der Waals surface area contributed by atoms with Crippen molar-refractivity contribution in [2.75, 3.05) is 26.3 Å². The van der Waals surface area contributed by atoms with Gasteiger partial charge in [0.1, 0.15) is 0 Å². The summed E-state index contributed by atoms with van der Waals surface area (Å²) in [5.74, 6) is -1.19. The van der Waals surface area contributed by atoms with E-state index in [2.05, 4.69) is 0 Å². The third-order valence-corrected chi connectivity index (χ3v) is 5.05. The Morgan fingerprint density at radius 3 is 2.48 bits per heavy atom. The molecule has 1 aromatic rings. The molecular formula is C16H19FN2O4. The Morgan fingerprint density at radius 2 is 1.87 bits per heavy atom. The van der Waals surface area contributed by atoms with Gasteiger partial charge in [0, 0.05) is 37.9 Å². The molecule has 0 aliphatic carbocycles. The van der Waals surface area contributed by atoms with Crippen LogP contribution in [0.25, 0.3) is 0 Å². The molecule has 124 valence electrons. The van der Waals surface area contributed by atoms with Gasteiger partial charge in [0.25, 0.3) is 5.91 Å². The molecule has 1 aromatic carbocycles. The summed E-state index contributed by atoms with van der Waals surface area (Å²) in [6, 6.07) is 3.31. The first kappa shape index (κ1) is 15.9. The van der Waals surface area contributed by atoms with Crippen molar-refractivity contribution in [2.24, 2.45) is 5.41 Å². The summed E-state index contributed by atoms with van der Waals surface area (Å²) in [7, 11) is 0. The average molecular weight is 322 g/mol. The van der Waals surface area contributed by atoms with Gasteiger partial charge >= 0.3 is 5.69 Å². The van der Waals surface area contributed by atoms with E-state index in [1.807, 2.05) is 0 Å². The van der Waals surface area contributed by atoms with Crippen molar-refractivity contribution in [1.82, 2.24) is 4.90 Å². The molecule has 0 radical (unpaired) electrons. The summed E-state index contributed by atoms with van der Waals surface area (Å²) >= 11 is 0. The van der Waals surface area contributed by atoms with Crippen LogP contribution in [0.3, 0.4) is 0 Å². The van der Waals surface area contributed by atoms with Crippen molar-refractivity contribution >= 4 is 11.6 Å². The van der Waals surface area contributed by atoms with Crippen LogP contribution in [0.4, 0.5) is 10.1 Å². The zero-order valence-corrected chi connectivity index (χ0v) is 12.8. The highest BCUT2D eigenvalue weighted by Crippen LogP contribution is 2.40. The van der Waals surface area contributed by atoms with Crippen LogP contribution >= 0.6 is 0 Å². The highest BCUT2D eigenvalue weighted by molar-refractivity contribution is 5.94. The number of likely N-dealkylation sites (tertiary alicyclic amines) is 1. The fourth-order valence-electron chi connectivity index (χ4n) is 3.46. The minimum absolute atomic E-state index is 0.168. The third-order valence-electron chi connectivity index (χ3n) is 5.05. The number of piperidine rings is 1. The molecule has 0 saturated carbocycles. The van der Waals surface area contributed by atoms with E-state index in [4.69, 9.17) is 4.74 Å². The lowest BCUT2D eigenvalue weighted by molar-refractivity contribution is -0.387. The molecule has 1 amide bonds. The maximum absolute atomic E-state index is 13.4. The molecule has 0 unspecified atom stereocenters. The Kier molecular flexibility index (Phi) is 4.30. The fraction of sp³-hybridized carbons (Fsp3) is 0.562. The van der Waals surface area contributed by atoms with Crippen LogP contribution in [0, 0.1) is 21.3 Å². The number of rotatable bonds is 2. The first-order valence-corrected chi connectivity index (χ1v) is 7.82. The van der Waals surface area contributed by atoms with Crippen LogP contribution in [0.2, 0.25) is 0 Å². The SMILES string of the molecule is O=C(c1ccc(F)c([N+](=O)[O-])c1)N1CCC2(CCOCC2)CC1. The maximum atomic E-state index is 13.4. The van der Waals surface area contributed by atoms with Crippen molar-refractivity contribution < 1.29 is 18.8 Å². The second-order valence-corrected chi connectivity index (χ2v) is 6.33. The quantitative estimate of drug-likeness (QED) is 0.620. The molecule has 2 saturated heterocycles. The van der Waals surface area contributed by atoms with Crippen LogP contribution in [0.1, 0.15) is 36.0 Å². The third kappa shape index (κ3) is 3.19. The summed E-state index contributed by atoms with van der Waals surface area (Å²) < 4.78 is 18.8. The lowest BCUT2D eigenvalue weighted by Gasteiger charge is -2.44. The summed E-state index contributed by atoms with van der Waals surface area (Å²) in [6.45, 7) is 2.81. The van der Waals surface area contributed by atoms with E-state index >= 15 is 0 Å². The number of hydrogen-bond acceptors (Lipinski definition) is 4. The second-order valence-electron chi connectivity index (χ2n) is 6.33. The smallest absolute Gasteiger partial charge is 0.305 e. The Bertz CT molecular complexity index is 619. The monoisotopic (exact) mass is 322 g/mol. The normalized spacial score (nSPS) is 20.5. The van der Waals surface area contributed by atoms with E-state index in [9.17, 15) is 19.3 Å². The maximum Gasteiger partial charge on any atom is 0.305 e. The van der Waals surface area contributed by atoms with E-state index in [-0.39, 0.29) is 16.9 Å². The lowest BCUT2D eigenvalue weighted by Crippen LogP contribution is -2.45. The van der Waals surface area contributed by atoms with Gasteiger partial charge in [-0.25, -0.2) is 0 Å². The first-order chi connectivity index (χ1) is 11.0. The number of carbonyl (C=O) groups excluding carboxylic acids is 1. The zero-order chi connectivity index (χ0) is 16.4. The first-order valence-electron chi connectivity index (χ1n) is 7.82. The van der Waals surface area contributed by atoms with Crippen molar-refractivity contribution in [3.8, 4) is 0 Å². The Labute approximate surface area is 133 Å². The van der Waals surface area contributed by atoms with Crippen molar-refractivity contribution in [3.63, 3.8) is 0 Å². The number of nitro benzene ring substituents is 1. The molecule has 3 rings (SSSR count). The fourth-order valence-corrected chi connectivity index (χ4v) is 3.46. The number of benzene rings is 1. The molecule has 2 fully saturated rings. The number of nitrogens with zero attached hydrogens (tertiary/aromatic N) is 2. The molecule has 6 nitrogen and oxygen atoms in total. The Morgan fingerprint density at radius 1 is 1.22 bits per heavy atom. The molecule has 0 atom stereocenters. The molecule has 0 aromatic heterocycles. The van der Waals surface area contributed by atoms with Crippen LogP contribution in [0.15, 0.2) is 18.2 Å². The van der Waals surface area contributed by atoms with Crippen LogP contribution in [0.5, 0.6) is 0 Å². The summed E-state index contributed by atoms with van der Waals surface area (Å²) in [6.07, 6.45) is 3.89. The van der Waals surface area contributed by atoms with Crippen molar-refractivity contribution in [2.45, 2.75) is 25.7 Å². The van der Waals surface area contributed by atoms with E-state index in [1.165, 1.54) is 6.07 Å². The molecular weight excluding hydrogens is 303 g/mol. The average Bonchev–Trinajstić information content (AvgIpc) is 2.56. The predicted molar refractivity (Wildman–Crippen MR) is 80.7 cm³/mol. The van der Waals surface area contributed by atoms with Gasteiger partial charge in [0.05, 0.1) is 4.92 Å². The highest BCUT2D eigenvalue weighted by Gasteiger charge is 2.37. The number of nitro groups is 1. The van der Waals surface area contributed by atoms with Crippen LogP contribution in [-0.4, -0.2) is 42.0 Å². The second kappa shape index (κ2) is 6.23. The molecule has 7 heteroatoms. The van der Waals surface area contributed by atoms with Crippen molar-refractivity contribution in [1.29, 1.82) is 0 Å². The van der Waals surface area contributed by atoms with E-state index < -0.39 is 16.4 Å². The minimum atomic E-state index is -0.925. The summed E-state index contributed by atoms with van der Waals surface area (Å²) in [5, 5.41) is 10.8. The predicted octanol–water partition coefficient (Wildman–Crippen LogP) is 2.77. The Balaban J connectivity index is 1.70. The van der Waals surface area contributed by atoms with E-state index in [0.717, 1.165) is 51.0 Å². The van der Waals surface area contributed by atoms with Crippen LogP contribution in [-0.2, 0) is 4.74 Å². The number of amides is 1. The van der Waals surface area contributed by atoms with Crippen molar-refractivity contribution in [3.05, 3.63) is 39.7 Å². The summed E-state index contributed by atoms with van der Waals surface area (Å²) in [4.78, 5) is 24.2.